The maximum Gasteiger partial charge on any atom is 0.356 e. The van der Waals surface area contributed by atoms with Crippen molar-refractivity contribution in [2.45, 2.75) is 18.4 Å². The lowest BCUT2D eigenvalue weighted by molar-refractivity contribution is -0.149. The van der Waals surface area contributed by atoms with Crippen LogP contribution in [0, 0.1) is 0 Å². The highest BCUT2D eigenvalue weighted by Gasteiger charge is 2.57. The summed E-state index contributed by atoms with van der Waals surface area (Å²) in [4.78, 5) is 39.8. The molecule has 2 heterocycles. The number of sulfone groups is 1. The Labute approximate surface area is 204 Å². The van der Waals surface area contributed by atoms with E-state index in [0.717, 1.165) is 4.90 Å². The van der Waals surface area contributed by atoms with Crippen LogP contribution in [-0.2, 0) is 33.7 Å². The molecular weight excluding hydrogens is 526 g/mol. The standard InChI is InChI=1S/C24H20BrNO7S/c1-15(27)32-13-18-14-34(30,31)23-19(12-25)22(28)26(23)20(18)24(29)33-21(16-8-4-2-5-9-16)17-10-6-3-7-11-17/h2-12,21,23H,13-14H2,1H3/b19-12+/t23-/m1/s1. The summed E-state index contributed by atoms with van der Waals surface area (Å²) in [6.07, 6.45) is -0.808. The number of β-lactam (4-membered cyclic amide) rings is 1. The summed E-state index contributed by atoms with van der Waals surface area (Å²) in [5, 5.41) is -1.31. The van der Waals surface area contributed by atoms with Crippen molar-refractivity contribution in [1.29, 1.82) is 0 Å². The summed E-state index contributed by atoms with van der Waals surface area (Å²) in [6.45, 7) is 0.712. The van der Waals surface area contributed by atoms with Crippen LogP contribution in [0.3, 0.4) is 0 Å². The highest BCUT2D eigenvalue weighted by molar-refractivity contribution is 9.11. The Morgan fingerprint density at radius 2 is 1.65 bits per heavy atom. The number of carbonyl (C=O) groups is 3. The second-order valence-corrected chi connectivity index (χ2v) is 10.3. The molecule has 0 spiro atoms. The summed E-state index contributed by atoms with van der Waals surface area (Å²) in [6, 6.07) is 18.1. The largest absolute Gasteiger partial charge is 0.461 e. The van der Waals surface area contributed by atoms with Gasteiger partial charge < -0.3 is 9.47 Å². The normalized spacial score (nSPS) is 20.1. The van der Waals surface area contributed by atoms with Gasteiger partial charge in [-0.3, -0.25) is 14.5 Å². The fourth-order valence-corrected chi connectivity index (χ4v) is 6.51. The second kappa shape index (κ2) is 9.55. The molecule has 2 aromatic carbocycles. The van der Waals surface area contributed by atoms with Crippen molar-refractivity contribution in [1.82, 2.24) is 4.90 Å². The van der Waals surface area contributed by atoms with Crippen molar-refractivity contribution >= 4 is 43.6 Å². The van der Waals surface area contributed by atoms with Crippen molar-refractivity contribution in [3.63, 3.8) is 0 Å². The van der Waals surface area contributed by atoms with Crippen LogP contribution in [0.1, 0.15) is 24.2 Å². The van der Waals surface area contributed by atoms with E-state index in [1.54, 1.807) is 48.5 Å². The lowest BCUT2D eigenvalue weighted by Crippen LogP contribution is -2.62. The molecule has 1 saturated heterocycles. The van der Waals surface area contributed by atoms with Crippen LogP contribution < -0.4 is 0 Å². The van der Waals surface area contributed by atoms with Gasteiger partial charge >= 0.3 is 11.9 Å². The van der Waals surface area contributed by atoms with Crippen molar-refractivity contribution in [2.75, 3.05) is 12.4 Å². The monoisotopic (exact) mass is 545 g/mol. The summed E-state index contributed by atoms with van der Waals surface area (Å²) in [5.41, 5.74) is 1.17. The van der Waals surface area contributed by atoms with Gasteiger partial charge in [0.25, 0.3) is 5.91 Å². The number of fused-ring (bicyclic) bond motifs is 1. The maximum absolute atomic E-state index is 13.5. The zero-order valence-corrected chi connectivity index (χ0v) is 20.4. The molecule has 8 nitrogen and oxygen atoms in total. The van der Waals surface area contributed by atoms with E-state index in [0.29, 0.717) is 11.1 Å². The Morgan fingerprint density at radius 3 is 2.15 bits per heavy atom. The fraction of sp³-hybridized carbons (Fsp3) is 0.208. The third-order valence-corrected chi connectivity index (χ3v) is 7.84. The molecular formula is C24H20BrNO7S. The predicted molar refractivity (Wildman–Crippen MR) is 126 cm³/mol. The molecule has 2 aromatic rings. The van der Waals surface area contributed by atoms with Gasteiger partial charge in [0.15, 0.2) is 21.3 Å². The summed E-state index contributed by atoms with van der Waals surface area (Å²) in [5.74, 6) is -2.73. The molecule has 2 aliphatic rings. The van der Waals surface area contributed by atoms with Crippen LogP contribution in [0.15, 0.2) is 82.5 Å². The number of nitrogens with zero attached hydrogens (tertiary/aromatic N) is 1. The Hall–Kier alpha value is -3.24. The van der Waals surface area contributed by atoms with Crippen LogP contribution in [0.2, 0.25) is 0 Å². The molecule has 0 saturated carbocycles. The number of ether oxygens (including phenoxy) is 2. The van der Waals surface area contributed by atoms with Crippen molar-refractivity contribution in [3.05, 3.63) is 93.6 Å². The molecule has 0 unspecified atom stereocenters. The minimum absolute atomic E-state index is 0.0134. The van der Waals surface area contributed by atoms with E-state index in [2.05, 4.69) is 15.9 Å². The van der Waals surface area contributed by atoms with Crippen molar-refractivity contribution in [3.8, 4) is 0 Å². The number of hydrogen-bond donors (Lipinski definition) is 0. The minimum atomic E-state index is -3.86. The lowest BCUT2D eigenvalue weighted by atomic mass is 10.0. The van der Waals surface area contributed by atoms with Gasteiger partial charge in [0.2, 0.25) is 0 Å². The molecule has 1 atom stereocenters. The molecule has 4 rings (SSSR count). The first-order valence-electron chi connectivity index (χ1n) is 10.3. The van der Waals surface area contributed by atoms with Crippen LogP contribution >= 0.6 is 15.9 Å². The van der Waals surface area contributed by atoms with Crippen LogP contribution in [-0.4, -0.2) is 48.9 Å². The van der Waals surface area contributed by atoms with Gasteiger partial charge in [-0.15, -0.1) is 0 Å². The first-order chi connectivity index (χ1) is 16.2. The van der Waals surface area contributed by atoms with Crippen LogP contribution in [0.4, 0.5) is 0 Å². The molecule has 0 N–H and O–H groups in total. The topological polar surface area (TPSA) is 107 Å². The molecule has 2 aliphatic heterocycles. The first-order valence-corrected chi connectivity index (χ1v) is 12.9. The number of benzene rings is 2. The molecule has 0 aliphatic carbocycles. The quantitative estimate of drug-likeness (QED) is 0.312. The van der Waals surface area contributed by atoms with E-state index in [1.807, 2.05) is 12.1 Å². The summed E-state index contributed by atoms with van der Waals surface area (Å²) in [7, 11) is -3.86. The van der Waals surface area contributed by atoms with Crippen LogP contribution in [0.5, 0.6) is 0 Å². The minimum Gasteiger partial charge on any atom is -0.461 e. The van der Waals surface area contributed by atoms with E-state index < -0.39 is 51.5 Å². The molecule has 0 aromatic heterocycles. The first kappa shape index (κ1) is 23.9. The molecule has 1 fully saturated rings. The van der Waals surface area contributed by atoms with Gasteiger partial charge in [-0.25, -0.2) is 13.2 Å². The molecule has 0 bridgehead atoms. The third-order valence-electron chi connectivity index (χ3n) is 5.45. The third kappa shape index (κ3) is 4.43. The Morgan fingerprint density at radius 1 is 1.09 bits per heavy atom. The summed E-state index contributed by atoms with van der Waals surface area (Å²) < 4.78 is 36.6. The predicted octanol–water partition coefficient (Wildman–Crippen LogP) is 3.01. The molecule has 176 valence electrons. The fourth-order valence-electron chi connectivity index (χ4n) is 3.95. The number of hydrogen-bond acceptors (Lipinski definition) is 7. The van der Waals surface area contributed by atoms with E-state index >= 15 is 0 Å². The maximum atomic E-state index is 13.5. The van der Waals surface area contributed by atoms with E-state index in [1.165, 1.54) is 11.9 Å². The zero-order valence-electron chi connectivity index (χ0n) is 18.0. The Balaban J connectivity index is 1.77. The number of carbonyl (C=O) groups excluding carboxylic acids is 3. The molecule has 34 heavy (non-hydrogen) atoms. The second-order valence-electron chi connectivity index (χ2n) is 7.74. The average Bonchev–Trinajstić information content (AvgIpc) is 2.82. The Bertz CT molecular complexity index is 1260. The lowest BCUT2D eigenvalue weighted by Gasteiger charge is -2.45. The van der Waals surface area contributed by atoms with E-state index in [4.69, 9.17) is 9.47 Å². The number of amides is 1. The van der Waals surface area contributed by atoms with Gasteiger partial charge in [0.05, 0.1) is 11.3 Å². The van der Waals surface area contributed by atoms with Gasteiger partial charge in [-0.05, 0) is 16.1 Å². The SMILES string of the molecule is CC(=O)OCC1=C(C(=O)OC(c2ccccc2)c2ccccc2)N2C(=O)/C(=C\Br)[C@H]2S(=O)(=O)C1. The van der Waals surface area contributed by atoms with E-state index in [9.17, 15) is 22.8 Å². The number of esters is 2. The summed E-state index contributed by atoms with van der Waals surface area (Å²) >= 11 is 3.03. The van der Waals surface area contributed by atoms with Gasteiger partial charge in [0.1, 0.15) is 12.3 Å². The van der Waals surface area contributed by atoms with Crippen molar-refractivity contribution in [2.24, 2.45) is 0 Å². The smallest absolute Gasteiger partial charge is 0.356 e. The molecule has 1 amide bonds. The zero-order chi connectivity index (χ0) is 24.5. The Kier molecular flexibility index (Phi) is 6.72. The van der Waals surface area contributed by atoms with Gasteiger partial charge in [-0.2, -0.15) is 0 Å². The molecule has 10 heteroatoms. The van der Waals surface area contributed by atoms with E-state index in [-0.39, 0.29) is 16.8 Å². The molecule has 0 radical (unpaired) electrons. The van der Waals surface area contributed by atoms with Crippen LogP contribution in [0.25, 0.3) is 0 Å². The average molecular weight is 546 g/mol. The van der Waals surface area contributed by atoms with Crippen molar-refractivity contribution < 1.29 is 32.3 Å². The number of rotatable bonds is 6. The van der Waals surface area contributed by atoms with Gasteiger partial charge in [-0.1, -0.05) is 76.6 Å². The highest BCUT2D eigenvalue weighted by atomic mass is 79.9. The van der Waals surface area contributed by atoms with Gasteiger partial charge in [0, 0.05) is 12.5 Å². The number of halogens is 1. The highest BCUT2D eigenvalue weighted by Crippen LogP contribution is 2.41.